The lowest BCUT2D eigenvalue weighted by atomic mass is 9.92. The van der Waals surface area contributed by atoms with Crippen LogP contribution in [0.5, 0.6) is 0 Å². The van der Waals surface area contributed by atoms with Crippen LogP contribution in [0.2, 0.25) is 0 Å². The molecule has 0 radical (unpaired) electrons. The number of hydrogen-bond acceptors (Lipinski definition) is 10. The number of carbonyl (C=O) groups excluding carboxylic acids is 3. The maximum Gasteiger partial charge on any atom is 0.305 e. The molecule has 0 bridgehead atoms. The standard InChI is InChI=1S/C20H36O7S3/c21-13-20(14-25-17(22)7-1-4-10-28,15-26-18(23)8-2-5-11-29)16-27-19(24)9-3-6-12-30/h21,28-30H,1-16H2. The highest BCUT2D eigenvalue weighted by Gasteiger charge is 2.35. The van der Waals surface area contributed by atoms with Gasteiger partial charge in [0.2, 0.25) is 0 Å². The monoisotopic (exact) mass is 484 g/mol. The summed E-state index contributed by atoms with van der Waals surface area (Å²) in [6.07, 6.45) is 5.00. The lowest BCUT2D eigenvalue weighted by molar-refractivity contribution is -0.165. The summed E-state index contributed by atoms with van der Waals surface area (Å²) in [5.41, 5.74) is -1.20. The minimum atomic E-state index is -1.20. The number of ether oxygens (including phenoxy) is 3. The van der Waals surface area contributed by atoms with Crippen LogP contribution in [-0.4, -0.2) is 66.7 Å². The molecule has 7 nitrogen and oxygen atoms in total. The zero-order valence-electron chi connectivity index (χ0n) is 17.6. The topological polar surface area (TPSA) is 99.1 Å². The third kappa shape index (κ3) is 15.3. The Morgan fingerprint density at radius 3 is 1.13 bits per heavy atom. The Hall–Kier alpha value is -0.580. The zero-order chi connectivity index (χ0) is 22.7. The van der Waals surface area contributed by atoms with E-state index in [1.54, 1.807) is 0 Å². The Kier molecular flexibility index (Phi) is 18.8. The lowest BCUT2D eigenvalue weighted by Crippen LogP contribution is -2.42. The van der Waals surface area contributed by atoms with Gasteiger partial charge in [-0.1, -0.05) is 0 Å². The van der Waals surface area contributed by atoms with Gasteiger partial charge in [-0.05, 0) is 55.8 Å². The number of hydrogen-bond donors (Lipinski definition) is 4. The van der Waals surface area contributed by atoms with E-state index in [1.165, 1.54) is 0 Å². The lowest BCUT2D eigenvalue weighted by Gasteiger charge is -2.30. The van der Waals surface area contributed by atoms with E-state index in [2.05, 4.69) is 37.9 Å². The minimum absolute atomic E-state index is 0.211. The third-order valence-electron chi connectivity index (χ3n) is 4.32. The summed E-state index contributed by atoms with van der Waals surface area (Å²) >= 11 is 12.3. The SMILES string of the molecule is O=C(CCCCS)OCC(CO)(COC(=O)CCCCS)COC(=O)CCCCS. The van der Waals surface area contributed by atoms with Gasteiger partial charge in [-0.25, -0.2) is 0 Å². The van der Waals surface area contributed by atoms with Crippen molar-refractivity contribution in [2.24, 2.45) is 5.41 Å². The predicted molar refractivity (Wildman–Crippen MR) is 126 cm³/mol. The van der Waals surface area contributed by atoms with E-state index < -0.39 is 29.9 Å². The summed E-state index contributed by atoms with van der Waals surface area (Å²) in [5.74, 6) is 0.778. The molecule has 10 heteroatoms. The van der Waals surface area contributed by atoms with E-state index >= 15 is 0 Å². The Morgan fingerprint density at radius 1 is 0.600 bits per heavy atom. The van der Waals surface area contributed by atoms with Crippen LogP contribution in [0.3, 0.4) is 0 Å². The first-order valence-corrected chi connectivity index (χ1v) is 12.2. The molecule has 0 aromatic carbocycles. The summed E-state index contributed by atoms with van der Waals surface area (Å²) < 4.78 is 15.8. The summed E-state index contributed by atoms with van der Waals surface area (Å²) in [6, 6.07) is 0. The van der Waals surface area contributed by atoms with Crippen molar-refractivity contribution >= 4 is 55.8 Å². The summed E-state index contributed by atoms with van der Waals surface area (Å²) in [5, 5.41) is 9.95. The molecular weight excluding hydrogens is 448 g/mol. The molecule has 0 fully saturated rings. The predicted octanol–water partition coefficient (Wildman–Crippen LogP) is 2.90. The van der Waals surface area contributed by atoms with Crippen LogP contribution in [0.4, 0.5) is 0 Å². The van der Waals surface area contributed by atoms with Crippen LogP contribution in [0, 0.1) is 5.41 Å². The molecule has 0 spiro atoms. The van der Waals surface area contributed by atoms with E-state index in [0.29, 0.717) is 36.5 Å². The molecule has 0 rings (SSSR count). The van der Waals surface area contributed by atoms with Crippen molar-refractivity contribution in [2.45, 2.75) is 57.8 Å². The minimum Gasteiger partial charge on any atom is -0.465 e. The van der Waals surface area contributed by atoms with Crippen molar-refractivity contribution in [3.8, 4) is 0 Å². The Bertz CT molecular complexity index is 424. The molecule has 0 amide bonds. The van der Waals surface area contributed by atoms with Crippen molar-refractivity contribution in [1.82, 2.24) is 0 Å². The smallest absolute Gasteiger partial charge is 0.305 e. The molecule has 0 aromatic rings. The highest BCUT2D eigenvalue weighted by Crippen LogP contribution is 2.21. The maximum absolute atomic E-state index is 11.9. The largest absolute Gasteiger partial charge is 0.465 e. The van der Waals surface area contributed by atoms with E-state index in [4.69, 9.17) is 14.2 Å². The van der Waals surface area contributed by atoms with Crippen LogP contribution < -0.4 is 0 Å². The first kappa shape index (κ1) is 29.4. The summed E-state index contributed by atoms with van der Waals surface area (Å²) in [6.45, 7) is -1.10. The normalized spacial score (nSPS) is 11.2. The van der Waals surface area contributed by atoms with Gasteiger partial charge in [0.15, 0.2) is 0 Å². The molecular formula is C20H36O7S3. The molecule has 1 N–H and O–H groups in total. The second-order valence-electron chi connectivity index (χ2n) is 7.18. The van der Waals surface area contributed by atoms with E-state index in [1.807, 2.05) is 0 Å². The van der Waals surface area contributed by atoms with Crippen molar-refractivity contribution in [3.05, 3.63) is 0 Å². The van der Waals surface area contributed by atoms with E-state index in [9.17, 15) is 19.5 Å². The molecule has 0 aromatic heterocycles. The number of aliphatic hydroxyl groups excluding tert-OH is 1. The van der Waals surface area contributed by atoms with E-state index in [0.717, 1.165) is 19.3 Å². The second-order valence-corrected chi connectivity index (χ2v) is 8.52. The van der Waals surface area contributed by atoms with Crippen molar-refractivity contribution in [1.29, 1.82) is 0 Å². The van der Waals surface area contributed by atoms with Crippen molar-refractivity contribution < 1.29 is 33.7 Å². The number of carbonyl (C=O) groups is 3. The fourth-order valence-electron chi connectivity index (χ4n) is 2.32. The molecule has 0 aliphatic rings. The van der Waals surface area contributed by atoms with Crippen LogP contribution in [-0.2, 0) is 28.6 Å². The molecule has 0 aliphatic carbocycles. The molecule has 0 aliphatic heterocycles. The second kappa shape index (κ2) is 19.1. The molecule has 0 saturated heterocycles. The van der Waals surface area contributed by atoms with Crippen LogP contribution in [0.15, 0.2) is 0 Å². The van der Waals surface area contributed by atoms with E-state index in [-0.39, 0.29) is 39.1 Å². The molecule has 0 saturated carbocycles. The van der Waals surface area contributed by atoms with Gasteiger partial charge in [0.05, 0.1) is 12.0 Å². The van der Waals surface area contributed by atoms with Gasteiger partial charge in [0.25, 0.3) is 0 Å². The third-order valence-corrected chi connectivity index (χ3v) is 5.27. The average Bonchev–Trinajstić information content (AvgIpc) is 2.74. The fraction of sp³-hybridized carbons (Fsp3) is 0.850. The van der Waals surface area contributed by atoms with Gasteiger partial charge in [-0.2, -0.15) is 37.9 Å². The molecule has 0 atom stereocenters. The number of esters is 3. The number of aliphatic hydroxyl groups is 1. The first-order chi connectivity index (χ1) is 14.4. The summed E-state index contributed by atoms with van der Waals surface area (Å²) in [4.78, 5) is 35.8. The Balaban J connectivity index is 4.80. The number of rotatable bonds is 19. The van der Waals surface area contributed by atoms with Gasteiger partial charge in [0, 0.05) is 19.3 Å². The van der Waals surface area contributed by atoms with Crippen LogP contribution in [0.1, 0.15) is 57.8 Å². The molecule has 0 heterocycles. The first-order valence-electron chi connectivity index (χ1n) is 10.3. The quantitative estimate of drug-likeness (QED) is 0.0968. The van der Waals surface area contributed by atoms with Crippen LogP contribution >= 0.6 is 37.9 Å². The van der Waals surface area contributed by atoms with Gasteiger partial charge in [-0.15, -0.1) is 0 Å². The van der Waals surface area contributed by atoms with Gasteiger partial charge in [0.1, 0.15) is 19.8 Å². The van der Waals surface area contributed by atoms with Gasteiger partial charge < -0.3 is 19.3 Å². The zero-order valence-corrected chi connectivity index (χ0v) is 20.2. The molecule has 176 valence electrons. The van der Waals surface area contributed by atoms with Crippen molar-refractivity contribution in [3.63, 3.8) is 0 Å². The fourth-order valence-corrected chi connectivity index (χ4v) is 2.99. The van der Waals surface area contributed by atoms with Gasteiger partial charge in [-0.3, -0.25) is 14.4 Å². The maximum atomic E-state index is 11.9. The van der Waals surface area contributed by atoms with Crippen molar-refractivity contribution in [2.75, 3.05) is 43.7 Å². The Morgan fingerprint density at radius 2 is 0.900 bits per heavy atom. The average molecular weight is 485 g/mol. The highest BCUT2D eigenvalue weighted by molar-refractivity contribution is 7.80. The Labute approximate surface area is 196 Å². The molecule has 0 unspecified atom stereocenters. The van der Waals surface area contributed by atoms with Crippen LogP contribution in [0.25, 0.3) is 0 Å². The number of unbranched alkanes of at least 4 members (excludes halogenated alkanes) is 3. The summed E-state index contributed by atoms with van der Waals surface area (Å²) in [7, 11) is 0. The van der Waals surface area contributed by atoms with Gasteiger partial charge >= 0.3 is 17.9 Å². The highest BCUT2D eigenvalue weighted by atomic mass is 32.1. The molecule has 30 heavy (non-hydrogen) atoms. The number of thiol groups is 3.